The maximum atomic E-state index is 10.0. The molecule has 0 atom stereocenters. The third kappa shape index (κ3) is 10.7. The van der Waals surface area contributed by atoms with E-state index >= 15 is 0 Å². The molecular formula is C11H16O2. The molecule has 0 spiro atoms. The summed E-state index contributed by atoms with van der Waals surface area (Å²) in [6.07, 6.45) is 13.6. The van der Waals surface area contributed by atoms with E-state index < -0.39 is 5.97 Å². The van der Waals surface area contributed by atoms with Gasteiger partial charge in [-0.1, -0.05) is 50.1 Å². The lowest BCUT2D eigenvalue weighted by atomic mass is 10.2. The third-order valence-corrected chi connectivity index (χ3v) is 1.43. The van der Waals surface area contributed by atoms with E-state index in [9.17, 15) is 4.79 Å². The quantitative estimate of drug-likeness (QED) is 0.387. The summed E-state index contributed by atoms with van der Waals surface area (Å²) in [5.41, 5.74) is 0. The van der Waals surface area contributed by atoms with E-state index in [0.29, 0.717) is 0 Å². The van der Waals surface area contributed by atoms with E-state index in [0.717, 1.165) is 12.5 Å². The van der Waals surface area contributed by atoms with Crippen molar-refractivity contribution in [2.45, 2.75) is 26.2 Å². The first kappa shape index (κ1) is 11.7. The van der Waals surface area contributed by atoms with Crippen LogP contribution in [-0.4, -0.2) is 11.1 Å². The summed E-state index contributed by atoms with van der Waals surface area (Å²) in [7, 11) is 0. The minimum Gasteiger partial charge on any atom is -0.478 e. The molecule has 0 aliphatic carbocycles. The van der Waals surface area contributed by atoms with Crippen molar-refractivity contribution >= 4 is 5.97 Å². The Labute approximate surface area is 79.3 Å². The summed E-state index contributed by atoms with van der Waals surface area (Å²) in [6, 6.07) is 0. The zero-order valence-electron chi connectivity index (χ0n) is 7.94. The molecule has 0 unspecified atom stereocenters. The largest absolute Gasteiger partial charge is 0.478 e. The minimum absolute atomic E-state index is 0.917. The van der Waals surface area contributed by atoms with Crippen molar-refractivity contribution in [2.24, 2.45) is 0 Å². The number of carboxylic acids is 1. The Morgan fingerprint density at radius 1 is 1.23 bits per heavy atom. The molecule has 0 bridgehead atoms. The van der Waals surface area contributed by atoms with Gasteiger partial charge in [-0.25, -0.2) is 4.79 Å². The van der Waals surface area contributed by atoms with Gasteiger partial charge in [0.25, 0.3) is 0 Å². The van der Waals surface area contributed by atoms with Crippen molar-refractivity contribution < 1.29 is 9.90 Å². The highest BCUT2D eigenvalue weighted by Gasteiger charge is 1.79. The first-order valence-electron chi connectivity index (χ1n) is 4.50. The average molecular weight is 180 g/mol. The van der Waals surface area contributed by atoms with Gasteiger partial charge in [-0.15, -0.1) is 0 Å². The molecule has 13 heavy (non-hydrogen) atoms. The van der Waals surface area contributed by atoms with Crippen LogP contribution in [0.2, 0.25) is 0 Å². The van der Waals surface area contributed by atoms with Crippen molar-refractivity contribution in [1.29, 1.82) is 0 Å². The maximum Gasteiger partial charge on any atom is 0.328 e. The topological polar surface area (TPSA) is 37.3 Å². The van der Waals surface area contributed by atoms with Crippen molar-refractivity contribution in [3.63, 3.8) is 0 Å². The van der Waals surface area contributed by atoms with Crippen molar-refractivity contribution in [1.82, 2.24) is 0 Å². The van der Waals surface area contributed by atoms with Crippen LogP contribution in [-0.2, 0) is 4.79 Å². The number of rotatable bonds is 6. The fraction of sp³-hybridized carbons (Fsp3) is 0.364. The molecule has 1 N–H and O–H groups in total. The summed E-state index contributed by atoms with van der Waals surface area (Å²) in [5, 5.41) is 8.25. The van der Waals surface area contributed by atoms with Crippen molar-refractivity contribution in [2.75, 3.05) is 0 Å². The SMILES string of the molecule is CCCCC=CC=CC=CC(=O)O. The molecule has 0 heterocycles. The molecule has 72 valence electrons. The molecule has 0 amide bonds. The minimum atomic E-state index is -0.917. The van der Waals surface area contributed by atoms with Crippen LogP contribution in [0.15, 0.2) is 36.5 Å². The predicted molar refractivity (Wildman–Crippen MR) is 54.6 cm³/mol. The van der Waals surface area contributed by atoms with Gasteiger partial charge in [-0.05, 0) is 6.42 Å². The Morgan fingerprint density at radius 3 is 2.54 bits per heavy atom. The van der Waals surface area contributed by atoms with Gasteiger partial charge in [0.15, 0.2) is 0 Å². The molecule has 0 saturated heterocycles. The Balaban J connectivity index is 3.51. The van der Waals surface area contributed by atoms with Crippen LogP contribution in [0.3, 0.4) is 0 Å². The van der Waals surface area contributed by atoms with Gasteiger partial charge in [-0.3, -0.25) is 0 Å². The highest BCUT2D eigenvalue weighted by molar-refractivity contribution is 5.80. The fourth-order valence-electron chi connectivity index (χ4n) is 0.763. The first-order chi connectivity index (χ1) is 6.27. The molecule has 0 aliphatic heterocycles. The molecule has 0 radical (unpaired) electrons. The van der Waals surface area contributed by atoms with Gasteiger partial charge in [0.05, 0.1) is 0 Å². The molecule has 0 aromatic heterocycles. The predicted octanol–water partition coefficient (Wildman–Crippen LogP) is 2.93. The Bertz CT molecular complexity index is 212. The number of carboxylic acid groups (broad SMARTS) is 1. The lowest BCUT2D eigenvalue weighted by Gasteiger charge is -1.84. The second-order valence-electron chi connectivity index (χ2n) is 2.65. The normalized spacial score (nSPS) is 12.1. The molecule has 0 fully saturated rings. The Morgan fingerprint density at radius 2 is 1.92 bits per heavy atom. The van der Waals surface area contributed by atoms with Gasteiger partial charge in [0.1, 0.15) is 0 Å². The van der Waals surface area contributed by atoms with Crippen LogP contribution < -0.4 is 0 Å². The molecule has 2 nitrogen and oxygen atoms in total. The van der Waals surface area contributed by atoms with E-state index in [1.54, 1.807) is 6.08 Å². The number of aliphatic carboxylic acids is 1. The van der Waals surface area contributed by atoms with E-state index in [4.69, 9.17) is 5.11 Å². The molecule has 0 aromatic carbocycles. The molecule has 0 rings (SSSR count). The van der Waals surface area contributed by atoms with E-state index in [1.807, 2.05) is 12.2 Å². The van der Waals surface area contributed by atoms with E-state index in [2.05, 4.69) is 13.0 Å². The van der Waals surface area contributed by atoms with Crippen LogP contribution in [0, 0.1) is 0 Å². The lowest BCUT2D eigenvalue weighted by Crippen LogP contribution is -1.84. The van der Waals surface area contributed by atoms with Crippen molar-refractivity contribution in [3.05, 3.63) is 36.5 Å². The highest BCUT2D eigenvalue weighted by atomic mass is 16.4. The van der Waals surface area contributed by atoms with E-state index in [-0.39, 0.29) is 0 Å². The number of carbonyl (C=O) groups is 1. The lowest BCUT2D eigenvalue weighted by molar-refractivity contribution is -0.131. The monoisotopic (exact) mass is 180 g/mol. The number of unbranched alkanes of at least 4 members (excludes halogenated alkanes) is 2. The maximum absolute atomic E-state index is 10.0. The van der Waals surface area contributed by atoms with Crippen LogP contribution in [0.5, 0.6) is 0 Å². The van der Waals surface area contributed by atoms with Gasteiger partial charge in [-0.2, -0.15) is 0 Å². The van der Waals surface area contributed by atoms with Gasteiger partial charge in [0, 0.05) is 6.08 Å². The van der Waals surface area contributed by atoms with Crippen LogP contribution >= 0.6 is 0 Å². The van der Waals surface area contributed by atoms with Gasteiger partial charge < -0.3 is 5.11 Å². The molecule has 0 aromatic rings. The van der Waals surface area contributed by atoms with Crippen molar-refractivity contribution in [3.8, 4) is 0 Å². The number of hydrogen-bond donors (Lipinski definition) is 1. The average Bonchev–Trinajstić information content (AvgIpc) is 2.09. The highest BCUT2D eigenvalue weighted by Crippen LogP contribution is 1.94. The molecule has 2 heteroatoms. The van der Waals surface area contributed by atoms with Crippen LogP contribution in [0.4, 0.5) is 0 Å². The van der Waals surface area contributed by atoms with Gasteiger partial charge in [0.2, 0.25) is 0 Å². The molecular weight excluding hydrogens is 164 g/mol. The second kappa shape index (κ2) is 8.78. The van der Waals surface area contributed by atoms with Crippen LogP contribution in [0.1, 0.15) is 26.2 Å². The zero-order valence-corrected chi connectivity index (χ0v) is 7.94. The third-order valence-electron chi connectivity index (χ3n) is 1.43. The zero-order chi connectivity index (χ0) is 9.94. The van der Waals surface area contributed by atoms with Gasteiger partial charge >= 0.3 is 5.97 Å². The molecule has 0 aliphatic rings. The molecule has 0 saturated carbocycles. The number of hydrogen-bond acceptors (Lipinski definition) is 1. The summed E-state index contributed by atoms with van der Waals surface area (Å²) >= 11 is 0. The fourth-order valence-corrected chi connectivity index (χ4v) is 0.763. The Kier molecular flexibility index (Phi) is 7.90. The summed E-state index contributed by atoms with van der Waals surface area (Å²) in [5.74, 6) is -0.917. The first-order valence-corrected chi connectivity index (χ1v) is 4.50. The number of allylic oxidation sites excluding steroid dienone is 5. The van der Waals surface area contributed by atoms with Crippen LogP contribution in [0.25, 0.3) is 0 Å². The summed E-state index contributed by atoms with van der Waals surface area (Å²) < 4.78 is 0. The van der Waals surface area contributed by atoms with E-state index in [1.165, 1.54) is 18.9 Å². The Hall–Kier alpha value is -1.31. The smallest absolute Gasteiger partial charge is 0.328 e. The summed E-state index contributed by atoms with van der Waals surface area (Å²) in [6.45, 7) is 2.15. The summed E-state index contributed by atoms with van der Waals surface area (Å²) in [4.78, 5) is 10.0. The standard InChI is InChI=1S/C11H16O2/c1-2-3-4-5-6-7-8-9-10-11(12)13/h5-10H,2-4H2,1H3,(H,12,13). The second-order valence-corrected chi connectivity index (χ2v) is 2.65.